The molecule has 3 aromatic rings. The third-order valence-electron chi connectivity index (χ3n) is 9.28. The van der Waals surface area contributed by atoms with Gasteiger partial charge in [0.2, 0.25) is 0 Å². The molecule has 2 fully saturated rings. The molecule has 53 heavy (non-hydrogen) atoms. The highest BCUT2D eigenvalue weighted by molar-refractivity contribution is 6.36. The van der Waals surface area contributed by atoms with Crippen LogP contribution in [0, 0.1) is 0 Å². The van der Waals surface area contributed by atoms with Crippen LogP contribution < -0.4 is 10.1 Å². The summed E-state index contributed by atoms with van der Waals surface area (Å²) in [5, 5.41) is 16.9. The van der Waals surface area contributed by atoms with Gasteiger partial charge in [-0.25, -0.2) is 9.99 Å². The van der Waals surface area contributed by atoms with Gasteiger partial charge in [-0.1, -0.05) is 23.2 Å². The van der Waals surface area contributed by atoms with Gasteiger partial charge in [-0.15, -0.1) is 0 Å². The summed E-state index contributed by atoms with van der Waals surface area (Å²) in [7, 11) is 0. The van der Waals surface area contributed by atoms with Gasteiger partial charge in [-0.3, -0.25) is 24.5 Å². The molecule has 19 heteroatoms. The van der Waals surface area contributed by atoms with Crippen LogP contribution in [0.15, 0.2) is 53.9 Å². The van der Waals surface area contributed by atoms with Crippen LogP contribution in [0.5, 0.6) is 5.75 Å². The van der Waals surface area contributed by atoms with Crippen molar-refractivity contribution >= 4 is 40.7 Å². The molecule has 2 saturated heterocycles. The van der Waals surface area contributed by atoms with Gasteiger partial charge in [-0.2, -0.15) is 26.3 Å². The number of nitrogens with one attached hydrogen (secondary N) is 1. The number of hydrazine groups is 1. The summed E-state index contributed by atoms with van der Waals surface area (Å²) >= 11 is 13.3. The number of morpholine rings is 1. The number of benzene rings is 1. The molecular formula is C34H32Cl2F6N6O5. The van der Waals surface area contributed by atoms with E-state index in [1.807, 2.05) is 0 Å². The average molecular weight is 790 g/mol. The smallest absolute Gasteiger partial charge is 0.433 e. The molecule has 1 unspecified atom stereocenters. The molecule has 0 aliphatic carbocycles. The van der Waals surface area contributed by atoms with Crippen LogP contribution in [0.3, 0.4) is 0 Å². The predicted octanol–water partition coefficient (Wildman–Crippen LogP) is 6.76. The SMILES string of the molecule is CC12CCCN1N(Cc1c(Cl)cc(OCCN3CCOCC3)cc1Cl)C(=O)C(C(=O)Nc1ccc(C(F)(F)F)nc1-c1ccc(C(F)(F)F)nc1)=C2O. The summed E-state index contributed by atoms with van der Waals surface area (Å²) in [5.41, 5.74) is -5.60. The van der Waals surface area contributed by atoms with E-state index in [9.17, 15) is 41.0 Å². The molecule has 0 radical (unpaired) electrons. The van der Waals surface area contributed by atoms with Crippen molar-refractivity contribution in [2.75, 3.05) is 51.3 Å². The molecule has 0 spiro atoms. The van der Waals surface area contributed by atoms with E-state index in [-0.39, 0.29) is 22.2 Å². The molecule has 1 aromatic carbocycles. The van der Waals surface area contributed by atoms with Gasteiger partial charge < -0.3 is 19.9 Å². The first-order valence-corrected chi connectivity index (χ1v) is 17.1. The van der Waals surface area contributed by atoms with Gasteiger partial charge in [0.25, 0.3) is 11.8 Å². The Morgan fingerprint density at radius 2 is 1.68 bits per heavy atom. The number of hydrogen-bond acceptors (Lipinski definition) is 9. The highest BCUT2D eigenvalue weighted by atomic mass is 35.5. The topological polar surface area (TPSA) is 120 Å². The second-order valence-corrected chi connectivity index (χ2v) is 13.5. The largest absolute Gasteiger partial charge is 0.509 e. The Kier molecular flexibility index (Phi) is 10.9. The third kappa shape index (κ3) is 8.04. The molecule has 0 bridgehead atoms. The normalized spacial score (nSPS) is 20.2. The molecule has 3 aliphatic rings. The first-order valence-electron chi connectivity index (χ1n) is 16.3. The van der Waals surface area contributed by atoms with E-state index in [0.717, 1.165) is 25.2 Å². The molecule has 2 N–H and O–H groups in total. The summed E-state index contributed by atoms with van der Waals surface area (Å²) in [6.07, 6.45) is -8.28. The zero-order valence-electron chi connectivity index (χ0n) is 28.0. The minimum absolute atomic E-state index is 0.169. The second-order valence-electron chi connectivity index (χ2n) is 12.7. The Bertz CT molecular complexity index is 1900. The maximum absolute atomic E-state index is 14.1. The number of aliphatic hydroxyl groups is 1. The number of carbonyl (C=O) groups is 2. The first kappa shape index (κ1) is 38.6. The Balaban J connectivity index is 1.27. The molecule has 0 saturated carbocycles. The number of rotatable bonds is 9. The van der Waals surface area contributed by atoms with Crippen LogP contribution >= 0.6 is 23.2 Å². The van der Waals surface area contributed by atoms with Gasteiger partial charge in [0, 0.05) is 43.5 Å². The van der Waals surface area contributed by atoms with Gasteiger partial charge in [0.1, 0.15) is 35.1 Å². The minimum atomic E-state index is -4.95. The van der Waals surface area contributed by atoms with E-state index in [1.165, 1.54) is 5.01 Å². The molecule has 2 aromatic heterocycles. The number of pyridine rings is 2. The van der Waals surface area contributed by atoms with E-state index >= 15 is 0 Å². The fraction of sp³-hybridized carbons (Fsp3) is 0.412. The Labute approximate surface area is 309 Å². The lowest BCUT2D eigenvalue weighted by atomic mass is 9.90. The van der Waals surface area contributed by atoms with Crippen molar-refractivity contribution in [3.05, 3.63) is 80.9 Å². The maximum atomic E-state index is 14.1. The van der Waals surface area contributed by atoms with Crippen LogP contribution in [0.4, 0.5) is 32.0 Å². The van der Waals surface area contributed by atoms with Crippen molar-refractivity contribution in [1.82, 2.24) is 24.9 Å². The molecule has 2 amide bonds. The summed E-state index contributed by atoms with van der Waals surface area (Å²) in [6.45, 7) is 5.57. The van der Waals surface area contributed by atoms with Gasteiger partial charge >= 0.3 is 12.4 Å². The highest BCUT2D eigenvalue weighted by Gasteiger charge is 2.53. The number of nitrogens with zero attached hydrogens (tertiary/aromatic N) is 5. The average Bonchev–Trinajstić information content (AvgIpc) is 3.50. The second kappa shape index (κ2) is 14.9. The van der Waals surface area contributed by atoms with Crippen LogP contribution in [0.2, 0.25) is 10.0 Å². The summed E-state index contributed by atoms with van der Waals surface area (Å²) in [4.78, 5) is 37.0. The lowest BCUT2D eigenvalue weighted by molar-refractivity contribution is -0.160. The van der Waals surface area contributed by atoms with Gasteiger partial charge in [0.05, 0.1) is 46.7 Å². The van der Waals surface area contributed by atoms with E-state index in [2.05, 4.69) is 20.2 Å². The Morgan fingerprint density at radius 3 is 2.30 bits per heavy atom. The van der Waals surface area contributed by atoms with E-state index in [0.29, 0.717) is 75.4 Å². The fourth-order valence-electron chi connectivity index (χ4n) is 6.45. The van der Waals surface area contributed by atoms with Crippen molar-refractivity contribution in [1.29, 1.82) is 0 Å². The standard InChI is InChI=1S/C34H32Cl2F6N6O5/c1-32-7-2-8-48(32)47(18-21-22(35)15-20(16-23(21)36)53-14-11-46-9-12-52-13-10-46)31(51)27(29(32)49)30(50)44-24-4-6-26(34(40,41)42)45-28(24)19-3-5-25(43-17-19)33(37,38)39/h3-6,15-17,49H,2,7-14,18H2,1H3,(H,44,50). The highest BCUT2D eigenvalue weighted by Crippen LogP contribution is 2.43. The van der Waals surface area contributed by atoms with Crippen LogP contribution in [0.1, 0.15) is 36.7 Å². The van der Waals surface area contributed by atoms with E-state index in [4.69, 9.17) is 32.7 Å². The molecule has 1 atom stereocenters. The van der Waals surface area contributed by atoms with E-state index in [1.54, 1.807) is 24.1 Å². The summed E-state index contributed by atoms with van der Waals surface area (Å²) in [5.74, 6) is -2.34. The number of hydrogen-bond donors (Lipinski definition) is 2. The number of halogens is 8. The molecular weight excluding hydrogens is 757 g/mol. The Morgan fingerprint density at radius 1 is 1.02 bits per heavy atom. The molecule has 5 heterocycles. The zero-order valence-corrected chi connectivity index (χ0v) is 29.5. The van der Waals surface area contributed by atoms with Crippen molar-refractivity contribution < 1.29 is 50.5 Å². The molecule has 11 nitrogen and oxygen atoms in total. The van der Waals surface area contributed by atoms with Crippen LogP contribution in [-0.2, 0) is 33.2 Å². The lowest BCUT2D eigenvalue weighted by Gasteiger charge is -2.46. The minimum Gasteiger partial charge on any atom is -0.509 e. The van der Waals surface area contributed by atoms with Crippen molar-refractivity contribution in [3.8, 4) is 17.0 Å². The Hall–Kier alpha value is -4.16. The number of aromatic nitrogens is 2. The van der Waals surface area contributed by atoms with Crippen LogP contribution in [0.25, 0.3) is 11.3 Å². The maximum Gasteiger partial charge on any atom is 0.433 e. The molecule has 284 valence electrons. The summed E-state index contributed by atoms with van der Waals surface area (Å²) in [6, 6.07) is 5.90. The number of carbonyl (C=O) groups excluding carboxylic acids is 2. The monoisotopic (exact) mass is 788 g/mol. The number of alkyl halides is 6. The number of ether oxygens (including phenoxy) is 2. The first-order chi connectivity index (χ1) is 25.0. The van der Waals surface area contributed by atoms with Crippen molar-refractivity contribution in [2.45, 2.75) is 44.2 Å². The molecule has 3 aliphatic heterocycles. The number of aliphatic hydroxyl groups excluding tert-OH is 1. The third-order valence-corrected chi connectivity index (χ3v) is 9.95. The van der Waals surface area contributed by atoms with Gasteiger partial charge in [0.15, 0.2) is 0 Å². The number of fused-ring (bicyclic) bond motifs is 1. The zero-order chi connectivity index (χ0) is 38.3. The number of amides is 2. The number of anilines is 1. The predicted molar refractivity (Wildman–Crippen MR) is 180 cm³/mol. The van der Waals surface area contributed by atoms with Crippen molar-refractivity contribution in [3.63, 3.8) is 0 Å². The van der Waals surface area contributed by atoms with Crippen molar-refractivity contribution in [2.24, 2.45) is 0 Å². The lowest BCUT2D eigenvalue weighted by Crippen LogP contribution is -2.60. The molecule has 6 rings (SSSR count). The summed E-state index contributed by atoms with van der Waals surface area (Å²) < 4.78 is 91.6. The quantitative estimate of drug-likeness (QED) is 0.179. The van der Waals surface area contributed by atoms with Crippen LogP contribution in [-0.4, -0.2) is 93.3 Å². The van der Waals surface area contributed by atoms with Gasteiger partial charge in [-0.05, 0) is 56.2 Å². The fourth-order valence-corrected chi connectivity index (χ4v) is 7.04. The van der Waals surface area contributed by atoms with E-state index < -0.39 is 63.8 Å².